The first-order chi connectivity index (χ1) is 8.19. The highest BCUT2D eigenvalue weighted by molar-refractivity contribution is 6.23. The Balaban J connectivity index is 0.00000162. The van der Waals surface area contributed by atoms with Crippen LogP contribution in [0.1, 0.15) is 5.56 Å². The zero-order chi connectivity index (χ0) is 12.3. The van der Waals surface area contributed by atoms with Gasteiger partial charge in [-0.1, -0.05) is 0 Å². The van der Waals surface area contributed by atoms with Gasteiger partial charge < -0.3 is 5.32 Å². The smallest absolute Gasteiger partial charge is 0.239 e. The molecular weight excluding hydrogens is 278 g/mol. The largest absolute Gasteiger partial charge is 0.340 e. The summed E-state index contributed by atoms with van der Waals surface area (Å²) in [4.78, 5) is 10.3. The fraction of sp³-hybridized carbons (Fsp3) is 0.0909. The van der Waals surface area contributed by atoms with Gasteiger partial charge in [0.25, 0.3) is 0 Å². The number of aryl methyl sites for hydroxylation is 1. The maximum Gasteiger partial charge on any atom is 0.239 e. The molecule has 0 aliphatic heterocycles. The van der Waals surface area contributed by atoms with Crippen molar-refractivity contribution in [3.63, 3.8) is 0 Å². The molecule has 96 valence electrons. The molecule has 18 heavy (non-hydrogen) atoms. The van der Waals surface area contributed by atoms with Gasteiger partial charge in [0.05, 0.1) is 0 Å². The van der Waals surface area contributed by atoms with Crippen LogP contribution in [0.4, 0.5) is 21.8 Å². The SMILES string of the molecule is Cc1cc(Nc2ccnc(NCl)n2)ccc1F.Cl. The first-order valence-corrected chi connectivity index (χ1v) is 5.29. The molecule has 0 amide bonds. The summed E-state index contributed by atoms with van der Waals surface area (Å²) >= 11 is 5.40. The lowest BCUT2D eigenvalue weighted by Crippen LogP contribution is -1.98. The number of hydrogen-bond donors (Lipinski definition) is 2. The molecule has 0 aliphatic carbocycles. The number of aromatic nitrogens is 2. The number of nitrogens with one attached hydrogen (secondary N) is 2. The zero-order valence-electron chi connectivity index (χ0n) is 9.45. The minimum atomic E-state index is -0.235. The van der Waals surface area contributed by atoms with Crippen molar-refractivity contribution in [1.29, 1.82) is 0 Å². The predicted molar refractivity (Wildman–Crippen MR) is 73.2 cm³/mol. The average molecular weight is 289 g/mol. The molecule has 2 rings (SSSR count). The van der Waals surface area contributed by atoms with Crippen molar-refractivity contribution in [3.8, 4) is 0 Å². The van der Waals surface area contributed by atoms with Crippen LogP contribution in [0, 0.1) is 12.7 Å². The first kappa shape index (κ1) is 14.5. The highest BCUT2D eigenvalue weighted by atomic mass is 35.5. The first-order valence-electron chi connectivity index (χ1n) is 4.92. The quantitative estimate of drug-likeness (QED) is 0.847. The summed E-state index contributed by atoms with van der Waals surface area (Å²) in [5, 5.41) is 3.03. The van der Waals surface area contributed by atoms with E-state index in [1.165, 1.54) is 6.07 Å². The molecule has 0 saturated carbocycles. The van der Waals surface area contributed by atoms with Gasteiger partial charge in [0.2, 0.25) is 5.95 Å². The van der Waals surface area contributed by atoms with E-state index in [0.717, 1.165) is 5.69 Å². The van der Waals surface area contributed by atoms with Gasteiger partial charge in [-0.2, -0.15) is 4.98 Å². The number of anilines is 3. The fourth-order valence-corrected chi connectivity index (χ4v) is 1.44. The molecule has 1 aromatic carbocycles. The monoisotopic (exact) mass is 288 g/mol. The molecule has 4 nitrogen and oxygen atoms in total. The lowest BCUT2D eigenvalue weighted by molar-refractivity contribution is 0.619. The lowest BCUT2D eigenvalue weighted by atomic mass is 10.2. The van der Waals surface area contributed by atoms with Gasteiger partial charge >= 0.3 is 0 Å². The van der Waals surface area contributed by atoms with Crippen molar-refractivity contribution < 1.29 is 4.39 Å². The molecule has 7 heteroatoms. The van der Waals surface area contributed by atoms with Crippen LogP contribution in [-0.2, 0) is 0 Å². The Morgan fingerprint density at radius 2 is 2.06 bits per heavy atom. The van der Waals surface area contributed by atoms with Crippen molar-refractivity contribution in [2.45, 2.75) is 6.92 Å². The van der Waals surface area contributed by atoms with Crippen molar-refractivity contribution >= 4 is 41.6 Å². The van der Waals surface area contributed by atoms with Crippen LogP contribution < -0.4 is 10.2 Å². The summed E-state index contributed by atoms with van der Waals surface area (Å²) in [7, 11) is 0. The molecule has 1 aromatic heterocycles. The van der Waals surface area contributed by atoms with E-state index in [1.54, 1.807) is 31.3 Å². The molecule has 2 N–H and O–H groups in total. The van der Waals surface area contributed by atoms with Crippen molar-refractivity contribution in [3.05, 3.63) is 41.8 Å². The second kappa shape index (κ2) is 6.37. The minimum Gasteiger partial charge on any atom is -0.340 e. The normalized spacial score (nSPS) is 9.50. The summed E-state index contributed by atoms with van der Waals surface area (Å²) < 4.78 is 13.1. The van der Waals surface area contributed by atoms with Crippen LogP contribution in [0.15, 0.2) is 30.5 Å². The highest BCUT2D eigenvalue weighted by Gasteiger charge is 2.01. The van der Waals surface area contributed by atoms with Gasteiger partial charge in [0.15, 0.2) is 0 Å². The van der Waals surface area contributed by atoms with Gasteiger partial charge in [-0.3, -0.25) is 4.84 Å². The third-order valence-corrected chi connectivity index (χ3v) is 2.34. The Labute approximate surface area is 115 Å². The number of hydrogen-bond acceptors (Lipinski definition) is 4. The Bertz CT molecular complexity index is 536. The van der Waals surface area contributed by atoms with Gasteiger partial charge in [-0.25, -0.2) is 9.37 Å². The van der Waals surface area contributed by atoms with Crippen LogP contribution in [0.5, 0.6) is 0 Å². The maximum absolute atomic E-state index is 13.1. The summed E-state index contributed by atoms with van der Waals surface area (Å²) in [6.45, 7) is 1.70. The predicted octanol–water partition coefficient (Wildman–Crippen LogP) is 3.66. The van der Waals surface area contributed by atoms with Gasteiger partial charge in [0, 0.05) is 23.7 Å². The van der Waals surface area contributed by atoms with Gasteiger partial charge in [0.1, 0.15) is 11.6 Å². The van der Waals surface area contributed by atoms with Crippen molar-refractivity contribution in [2.75, 3.05) is 10.2 Å². The van der Waals surface area contributed by atoms with Crippen LogP contribution in [0.25, 0.3) is 0 Å². The number of nitrogens with zero attached hydrogens (tertiary/aromatic N) is 2. The van der Waals surface area contributed by atoms with Crippen molar-refractivity contribution in [2.24, 2.45) is 0 Å². The molecular formula is C11H11Cl2FN4. The third kappa shape index (κ3) is 3.45. The second-order valence-corrected chi connectivity index (χ2v) is 3.64. The average Bonchev–Trinajstić information content (AvgIpc) is 2.34. The summed E-state index contributed by atoms with van der Waals surface area (Å²) in [5.74, 6) is 0.644. The minimum absolute atomic E-state index is 0. The molecule has 0 bridgehead atoms. The van der Waals surface area contributed by atoms with Crippen LogP contribution in [-0.4, -0.2) is 9.97 Å². The van der Waals surface area contributed by atoms with Crippen LogP contribution in [0.3, 0.4) is 0 Å². The Kier molecular flexibility index (Phi) is 5.12. The molecule has 0 fully saturated rings. The number of halogens is 3. The third-order valence-electron chi connectivity index (χ3n) is 2.17. The molecule has 0 unspecified atom stereocenters. The van der Waals surface area contributed by atoms with E-state index < -0.39 is 0 Å². The lowest BCUT2D eigenvalue weighted by Gasteiger charge is -2.07. The summed E-state index contributed by atoms with van der Waals surface area (Å²) in [5.41, 5.74) is 1.32. The number of benzene rings is 1. The van der Waals surface area contributed by atoms with E-state index in [0.29, 0.717) is 17.3 Å². The summed E-state index contributed by atoms with van der Waals surface area (Å²) in [6.07, 6.45) is 1.57. The van der Waals surface area contributed by atoms with Crippen LogP contribution in [0.2, 0.25) is 0 Å². The van der Waals surface area contributed by atoms with Gasteiger partial charge in [-0.15, -0.1) is 12.4 Å². The van der Waals surface area contributed by atoms with Crippen molar-refractivity contribution in [1.82, 2.24) is 9.97 Å². The molecule has 0 spiro atoms. The zero-order valence-corrected chi connectivity index (χ0v) is 11.0. The Hall–Kier alpha value is -1.59. The molecule has 1 heterocycles. The topological polar surface area (TPSA) is 49.8 Å². The standard InChI is InChI=1S/C11H10ClFN4.ClH/c1-7-6-8(2-3-9(7)13)15-10-4-5-14-11(16-10)17-12;/h2-6H,1H3,(H2,14,15,16,17);1H. The van der Waals surface area contributed by atoms with E-state index in [9.17, 15) is 4.39 Å². The molecule has 0 atom stereocenters. The van der Waals surface area contributed by atoms with Gasteiger partial charge in [-0.05, 0) is 36.8 Å². The molecule has 0 saturated heterocycles. The Morgan fingerprint density at radius 1 is 1.28 bits per heavy atom. The Morgan fingerprint density at radius 3 is 2.72 bits per heavy atom. The molecule has 0 radical (unpaired) electrons. The van der Waals surface area contributed by atoms with E-state index >= 15 is 0 Å². The van der Waals surface area contributed by atoms with E-state index in [1.807, 2.05) is 0 Å². The number of rotatable bonds is 3. The van der Waals surface area contributed by atoms with E-state index in [2.05, 4.69) is 20.1 Å². The van der Waals surface area contributed by atoms with E-state index in [4.69, 9.17) is 11.8 Å². The second-order valence-electron chi connectivity index (χ2n) is 3.45. The fourth-order valence-electron chi connectivity index (χ4n) is 1.34. The molecule has 2 aromatic rings. The highest BCUT2D eigenvalue weighted by Crippen LogP contribution is 2.18. The molecule has 0 aliphatic rings. The van der Waals surface area contributed by atoms with Crippen LogP contribution >= 0.6 is 24.2 Å². The maximum atomic E-state index is 13.1. The van der Waals surface area contributed by atoms with E-state index in [-0.39, 0.29) is 18.2 Å². The summed E-state index contributed by atoms with van der Waals surface area (Å²) in [6, 6.07) is 6.43.